The highest BCUT2D eigenvalue weighted by Gasteiger charge is 2.61. The molecule has 0 aromatic heterocycles. The summed E-state index contributed by atoms with van der Waals surface area (Å²) in [5, 5.41) is 3.19. The van der Waals surface area contributed by atoms with Gasteiger partial charge in [-0.25, -0.2) is 9.52 Å². The first-order valence-corrected chi connectivity index (χ1v) is 15.1. The van der Waals surface area contributed by atoms with Crippen LogP contribution >= 0.6 is 11.6 Å². The summed E-state index contributed by atoms with van der Waals surface area (Å²) in [7, 11) is -3.03. The van der Waals surface area contributed by atoms with Crippen LogP contribution in [0.15, 0.2) is 36.4 Å². The number of hydrogen-bond donors (Lipinski definition) is 3. The Bertz CT molecular complexity index is 1290. The van der Waals surface area contributed by atoms with Crippen LogP contribution in [0.2, 0.25) is 5.02 Å². The Morgan fingerprint density at radius 2 is 1.88 bits per heavy atom. The fourth-order valence-electron chi connectivity index (χ4n) is 5.24. The summed E-state index contributed by atoms with van der Waals surface area (Å²) < 4.78 is 34.3. The van der Waals surface area contributed by atoms with Crippen molar-refractivity contribution >= 4 is 51.3 Å². The Morgan fingerprint density at radius 1 is 1.15 bits per heavy atom. The van der Waals surface area contributed by atoms with E-state index in [9.17, 15) is 27.6 Å². The number of hydrogen-bond acceptors (Lipinski definition) is 7. The van der Waals surface area contributed by atoms with E-state index in [-0.39, 0.29) is 25.1 Å². The third kappa shape index (κ3) is 6.52. The second-order valence-electron chi connectivity index (χ2n) is 10.3. The van der Waals surface area contributed by atoms with Gasteiger partial charge in [0, 0.05) is 24.5 Å². The van der Waals surface area contributed by atoms with Crippen molar-refractivity contribution in [1.82, 2.24) is 14.9 Å². The van der Waals surface area contributed by atoms with E-state index in [1.807, 2.05) is 12.2 Å². The van der Waals surface area contributed by atoms with Crippen molar-refractivity contribution in [2.75, 3.05) is 17.9 Å². The minimum atomic E-state index is -4.32. The molecule has 1 saturated carbocycles. The summed E-state index contributed by atoms with van der Waals surface area (Å²) in [4.78, 5) is 53.1. The second kappa shape index (κ2) is 12.0. The van der Waals surface area contributed by atoms with Crippen LogP contribution in [0.1, 0.15) is 51.4 Å². The summed E-state index contributed by atoms with van der Waals surface area (Å²) in [5.41, 5.74) is 3.99. The highest BCUT2D eigenvalue weighted by atomic mass is 35.5. The molecule has 2 fully saturated rings. The molecule has 218 valence electrons. The number of primary amides is 1. The Kier molecular flexibility index (Phi) is 8.93. The van der Waals surface area contributed by atoms with Crippen LogP contribution in [0.25, 0.3) is 0 Å². The van der Waals surface area contributed by atoms with Gasteiger partial charge in [-0.2, -0.15) is 8.42 Å². The number of ether oxygens (including phenoxy) is 1. The van der Waals surface area contributed by atoms with Crippen molar-refractivity contribution in [3.63, 3.8) is 0 Å². The molecule has 3 aliphatic rings. The van der Waals surface area contributed by atoms with Gasteiger partial charge in [-0.15, -0.1) is 0 Å². The summed E-state index contributed by atoms with van der Waals surface area (Å²) in [6.45, 7) is 0.276. The number of nitrogens with one attached hydrogen (secondary N) is 2. The first-order chi connectivity index (χ1) is 18.9. The molecule has 2 heterocycles. The van der Waals surface area contributed by atoms with Crippen LogP contribution in [0.4, 0.5) is 10.5 Å². The summed E-state index contributed by atoms with van der Waals surface area (Å²) in [5.74, 6) is -2.38. The maximum atomic E-state index is 13.5. The van der Waals surface area contributed by atoms with Gasteiger partial charge in [-0.05, 0) is 69.2 Å². The first-order valence-electron chi connectivity index (χ1n) is 13.3. The lowest BCUT2D eigenvalue weighted by molar-refractivity contribution is -0.146. The van der Waals surface area contributed by atoms with Crippen LogP contribution in [0.3, 0.4) is 0 Å². The van der Waals surface area contributed by atoms with Crippen molar-refractivity contribution in [2.45, 2.75) is 69.1 Å². The molecule has 4 N–H and O–H groups in total. The fraction of sp³-hybridized carbons (Fsp3) is 0.538. The van der Waals surface area contributed by atoms with Crippen LogP contribution < -0.4 is 20.1 Å². The number of allylic oxidation sites excluding steroid dienone is 1. The normalized spacial score (nSPS) is 28.1. The molecule has 4 rings (SSSR count). The Labute approximate surface area is 238 Å². The van der Waals surface area contributed by atoms with Gasteiger partial charge < -0.3 is 20.7 Å². The van der Waals surface area contributed by atoms with E-state index in [0.29, 0.717) is 30.7 Å². The molecular weight excluding hydrogens is 562 g/mol. The standard InChI is InChI=1S/C26H34ClN5O7S/c1-31(19-13-11-18(27)12-14-19)40(37,38)30-24(35)26-16-17(26)8-5-3-2-4-6-10-21(39-25(28)36)23(34)32-15-7-9-20(32)22(33)29-26/h5,8,11-14,17,20-21H,2-4,6-7,9-10,15-16H2,1H3,(H2,28,36)(H,29,33)(H,30,35)/b8-5+. The molecule has 0 bridgehead atoms. The quantitative estimate of drug-likeness (QED) is 0.437. The van der Waals surface area contributed by atoms with Crippen LogP contribution in [-0.2, 0) is 29.3 Å². The molecule has 1 aromatic carbocycles. The third-order valence-electron chi connectivity index (χ3n) is 7.62. The van der Waals surface area contributed by atoms with Crippen molar-refractivity contribution < 1.29 is 32.3 Å². The smallest absolute Gasteiger partial charge is 0.405 e. The lowest BCUT2D eigenvalue weighted by Crippen LogP contribution is -2.58. The van der Waals surface area contributed by atoms with Gasteiger partial charge in [0.15, 0.2) is 6.10 Å². The summed E-state index contributed by atoms with van der Waals surface area (Å²) in [6, 6.07) is 5.15. The molecule has 0 spiro atoms. The number of benzene rings is 1. The molecule has 1 aromatic rings. The lowest BCUT2D eigenvalue weighted by atomic mass is 10.1. The van der Waals surface area contributed by atoms with E-state index in [1.54, 1.807) is 0 Å². The van der Waals surface area contributed by atoms with E-state index < -0.39 is 57.6 Å². The lowest BCUT2D eigenvalue weighted by Gasteiger charge is -2.29. The van der Waals surface area contributed by atoms with Crippen molar-refractivity contribution in [3.05, 3.63) is 41.4 Å². The predicted molar refractivity (Wildman–Crippen MR) is 147 cm³/mol. The minimum absolute atomic E-state index is 0.204. The number of halogens is 1. The van der Waals surface area contributed by atoms with Crippen LogP contribution in [0.5, 0.6) is 0 Å². The summed E-state index contributed by atoms with van der Waals surface area (Å²) >= 11 is 5.90. The molecule has 12 nitrogen and oxygen atoms in total. The number of fused-ring (bicyclic) bond motifs is 2. The number of anilines is 1. The number of carbonyl (C=O) groups excluding carboxylic acids is 4. The molecule has 4 amide bonds. The molecule has 0 radical (unpaired) electrons. The maximum Gasteiger partial charge on any atom is 0.405 e. The van der Waals surface area contributed by atoms with Gasteiger partial charge in [0.05, 0.1) is 5.69 Å². The van der Waals surface area contributed by atoms with Gasteiger partial charge in [-0.3, -0.25) is 18.7 Å². The van der Waals surface area contributed by atoms with Crippen molar-refractivity contribution in [2.24, 2.45) is 11.7 Å². The summed E-state index contributed by atoms with van der Waals surface area (Å²) in [6.07, 6.45) is 5.79. The molecule has 2 aliphatic heterocycles. The molecular formula is C26H34ClN5O7S. The molecule has 4 atom stereocenters. The zero-order valence-corrected chi connectivity index (χ0v) is 23.7. The Hall–Kier alpha value is -3.32. The van der Waals surface area contributed by atoms with E-state index in [4.69, 9.17) is 22.1 Å². The number of carbonyl (C=O) groups is 4. The molecule has 1 aliphatic carbocycles. The van der Waals surface area contributed by atoms with Crippen LogP contribution in [0, 0.1) is 5.92 Å². The number of nitrogens with zero attached hydrogens (tertiary/aromatic N) is 2. The fourth-order valence-corrected chi connectivity index (χ4v) is 6.32. The molecule has 14 heteroatoms. The monoisotopic (exact) mass is 595 g/mol. The van der Waals surface area contributed by atoms with Crippen molar-refractivity contribution in [1.29, 1.82) is 0 Å². The maximum absolute atomic E-state index is 13.5. The van der Waals surface area contributed by atoms with E-state index in [2.05, 4.69) is 10.0 Å². The SMILES string of the molecule is CN(c1ccc(Cl)cc1)S(=O)(=O)NC(=O)C12CC1/C=C/CCCCCC(OC(N)=O)C(=O)N1CCCC1C(=O)N2. The average Bonchev–Trinajstić information content (AvgIpc) is 3.36. The average molecular weight is 596 g/mol. The van der Waals surface area contributed by atoms with E-state index >= 15 is 0 Å². The minimum Gasteiger partial charge on any atom is -0.436 e. The third-order valence-corrected chi connectivity index (χ3v) is 9.24. The number of rotatable bonds is 5. The highest BCUT2D eigenvalue weighted by Crippen LogP contribution is 2.45. The van der Waals surface area contributed by atoms with Gasteiger partial charge in [-0.1, -0.05) is 30.2 Å². The van der Waals surface area contributed by atoms with Gasteiger partial charge in [0.1, 0.15) is 11.6 Å². The molecule has 1 saturated heterocycles. The first kappa shape index (κ1) is 29.7. The van der Waals surface area contributed by atoms with E-state index in [0.717, 1.165) is 17.1 Å². The Morgan fingerprint density at radius 3 is 2.58 bits per heavy atom. The molecule has 4 unspecified atom stereocenters. The zero-order valence-electron chi connectivity index (χ0n) is 22.2. The number of nitrogens with two attached hydrogens (primary N) is 1. The zero-order chi connectivity index (χ0) is 29.1. The van der Waals surface area contributed by atoms with Crippen molar-refractivity contribution in [3.8, 4) is 0 Å². The number of amides is 4. The Balaban J connectivity index is 1.57. The second-order valence-corrected chi connectivity index (χ2v) is 12.5. The van der Waals surface area contributed by atoms with Gasteiger partial charge in [0.2, 0.25) is 5.91 Å². The highest BCUT2D eigenvalue weighted by molar-refractivity contribution is 7.91. The predicted octanol–water partition coefficient (Wildman–Crippen LogP) is 1.99. The largest absolute Gasteiger partial charge is 0.436 e. The van der Waals surface area contributed by atoms with Crippen LogP contribution in [-0.4, -0.2) is 68.4 Å². The van der Waals surface area contributed by atoms with Gasteiger partial charge >= 0.3 is 16.3 Å². The molecule has 40 heavy (non-hydrogen) atoms. The van der Waals surface area contributed by atoms with E-state index in [1.165, 1.54) is 36.2 Å². The topological polar surface area (TPSA) is 168 Å². The van der Waals surface area contributed by atoms with Gasteiger partial charge in [0.25, 0.3) is 11.8 Å².